The number of amides is 2. The standard InChI is InChI=1S/C25H23F2N3O2/c1-16(2)23(30-24(31)22-20(26)10-6-11-21(22)27)25(32)29-19-9-5-7-17(15-19)12-13-18-8-3-4-14-28-18/h3-16,23H,1-2H3,(H,29,32)(H,30,31)/b13-12+. The number of hydrogen-bond acceptors (Lipinski definition) is 3. The molecule has 3 aromatic rings. The van der Waals surface area contributed by atoms with Gasteiger partial charge in [-0.25, -0.2) is 8.78 Å². The summed E-state index contributed by atoms with van der Waals surface area (Å²) in [5.41, 5.74) is 1.44. The van der Waals surface area contributed by atoms with Crippen molar-refractivity contribution in [3.63, 3.8) is 0 Å². The number of carbonyl (C=O) groups is 2. The Hall–Kier alpha value is -3.87. The molecule has 1 aromatic heterocycles. The van der Waals surface area contributed by atoms with Gasteiger partial charge in [0.2, 0.25) is 5.91 Å². The highest BCUT2D eigenvalue weighted by Gasteiger charge is 2.27. The van der Waals surface area contributed by atoms with Gasteiger partial charge in [0.15, 0.2) is 0 Å². The lowest BCUT2D eigenvalue weighted by Gasteiger charge is -2.22. The molecule has 2 amide bonds. The molecule has 7 heteroatoms. The first-order valence-electron chi connectivity index (χ1n) is 10.1. The summed E-state index contributed by atoms with van der Waals surface area (Å²) in [6, 6.07) is 14.9. The van der Waals surface area contributed by atoms with Gasteiger partial charge >= 0.3 is 0 Å². The van der Waals surface area contributed by atoms with Gasteiger partial charge in [0, 0.05) is 11.9 Å². The van der Waals surface area contributed by atoms with E-state index in [0.717, 1.165) is 23.4 Å². The van der Waals surface area contributed by atoms with E-state index < -0.39 is 35.1 Å². The van der Waals surface area contributed by atoms with Crippen molar-refractivity contribution in [2.45, 2.75) is 19.9 Å². The molecule has 0 fully saturated rings. The largest absolute Gasteiger partial charge is 0.340 e. The second-order valence-corrected chi connectivity index (χ2v) is 7.49. The Balaban J connectivity index is 1.72. The minimum absolute atomic E-state index is 0.319. The van der Waals surface area contributed by atoms with Gasteiger partial charge in [-0.15, -0.1) is 0 Å². The van der Waals surface area contributed by atoms with Crippen LogP contribution in [0.4, 0.5) is 14.5 Å². The first-order valence-corrected chi connectivity index (χ1v) is 10.1. The van der Waals surface area contributed by atoms with Crippen LogP contribution in [0.5, 0.6) is 0 Å². The number of hydrogen-bond donors (Lipinski definition) is 2. The third kappa shape index (κ3) is 5.85. The topological polar surface area (TPSA) is 71.1 Å². The third-order valence-corrected chi connectivity index (χ3v) is 4.71. The maximum atomic E-state index is 13.9. The average Bonchev–Trinajstić information content (AvgIpc) is 2.76. The number of nitrogens with zero attached hydrogens (tertiary/aromatic N) is 1. The van der Waals surface area contributed by atoms with Gasteiger partial charge in [-0.1, -0.05) is 44.2 Å². The summed E-state index contributed by atoms with van der Waals surface area (Å²) in [4.78, 5) is 29.5. The molecule has 0 aliphatic rings. The molecule has 1 unspecified atom stereocenters. The van der Waals surface area contributed by atoms with Crippen LogP contribution in [-0.2, 0) is 4.79 Å². The van der Waals surface area contributed by atoms with Crippen LogP contribution in [0, 0.1) is 17.6 Å². The Labute approximate surface area is 185 Å². The van der Waals surface area contributed by atoms with E-state index >= 15 is 0 Å². The SMILES string of the molecule is CC(C)C(NC(=O)c1c(F)cccc1F)C(=O)Nc1cccc(/C=C/c2ccccn2)c1. The van der Waals surface area contributed by atoms with E-state index in [1.807, 2.05) is 36.4 Å². The fourth-order valence-electron chi connectivity index (χ4n) is 3.06. The summed E-state index contributed by atoms with van der Waals surface area (Å²) in [5, 5.41) is 5.20. The van der Waals surface area contributed by atoms with Gasteiger partial charge in [0.1, 0.15) is 23.2 Å². The molecular formula is C25H23F2N3O2. The summed E-state index contributed by atoms with van der Waals surface area (Å²) in [6.45, 7) is 3.46. The molecule has 0 spiro atoms. The number of anilines is 1. The molecule has 0 bridgehead atoms. The lowest BCUT2D eigenvalue weighted by molar-refractivity contribution is -0.118. The van der Waals surface area contributed by atoms with Gasteiger partial charge in [0.05, 0.1) is 5.69 Å². The second-order valence-electron chi connectivity index (χ2n) is 7.49. The Kier molecular flexibility index (Phi) is 7.44. The van der Waals surface area contributed by atoms with E-state index in [4.69, 9.17) is 0 Å². The normalized spacial score (nSPS) is 12.0. The molecule has 0 aliphatic carbocycles. The molecule has 0 aliphatic heterocycles. The molecule has 32 heavy (non-hydrogen) atoms. The molecule has 0 saturated carbocycles. The molecule has 3 rings (SSSR count). The Morgan fingerprint density at radius 3 is 2.31 bits per heavy atom. The number of pyridine rings is 1. The second kappa shape index (κ2) is 10.4. The van der Waals surface area contributed by atoms with E-state index in [9.17, 15) is 18.4 Å². The number of rotatable bonds is 7. The number of nitrogens with one attached hydrogen (secondary N) is 2. The van der Waals surface area contributed by atoms with Crippen LogP contribution >= 0.6 is 0 Å². The fourth-order valence-corrected chi connectivity index (χ4v) is 3.06. The molecule has 2 N–H and O–H groups in total. The lowest BCUT2D eigenvalue weighted by Crippen LogP contribution is -2.47. The molecule has 0 saturated heterocycles. The van der Waals surface area contributed by atoms with Crippen LogP contribution in [0.3, 0.4) is 0 Å². The smallest absolute Gasteiger partial charge is 0.257 e. The van der Waals surface area contributed by atoms with Crippen LogP contribution in [0.25, 0.3) is 12.2 Å². The van der Waals surface area contributed by atoms with Gasteiger partial charge in [0.25, 0.3) is 5.91 Å². The molecule has 1 atom stereocenters. The predicted octanol–water partition coefficient (Wildman–Crippen LogP) is 4.92. The Bertz CT molecular complexity index is 1110. The molecular weight excluding hydrogens is 412 g/mol. The lowest BCUT2D eigenvalue weighted by atomic mass is 10.0. The van der Waals surface area contributed by atoms with Crippen molar-refractivity contribution in [2.75, 3.05) is 5.32 Å². The molecule has 2 aromatic carbocycles. The van der Waals surface area contributed by atoms with Gasteiger partial charge < -0.3 is 10.6 Å². The zero-order valence-corrected chi connectivity index (χ0v) is 17.7. The molecule has 0 radical (unpaired) electrons. The Morgan fingerprint density at radius 1 is 0.938 bits per heavy atom. The van der Waals surface area contributed by atoms with Crippen LogP contribution in [-0.4, -0.2) is 22.8 Å². The number of halogens is 2. The van der Waals surface area contributed by atoms with Crippen molar-refractivity contribution in [2.24, 2.45) is 5.92 Å². The van der Waals surface area contributed by atoms with E-state index in [2.05, 4.69) is 15.6 Å². The van der Waals surface area contributed by atoms with Crippen LogP contribution < -0.4 is 10.6 Å². The highest BCUT2D eigenvalue weighted by molar-refractivity contribution is 6.01. The summed E-state index contributed by atoms with van der Waals surface area (Å²) >= 11 is 0. The number of aromatic nitrogens is 1. The van der Waals surface area contributed by atoms with Crippen molar-refractivity contribution in [3.05, 3.63) is 95.3 Å². The number of benzene rings is 2. The molecule has 164 valence electrons. The van der Waals surface area contributed by atoms with E-state index in [-0.39, 0.29) is 5.92 Å². The first kappa shape index (κ1) is 22.8. The highest BCUT2D eigenvalue weighted by atomic mass is 19.1. The maximum absolute atomic E-state index is 13.9. The van der Waals surface area contributed by atoms with Crippen molar-refractivity contribution in [3.8, 4) is 0 Å². The fraction of sp³-hybridized carbons (Fsp3) is 0.160. The zero-order chi connectivity index (χ0) is 23.1. The van der Waals surface area contributed by atoms with Gasteiger partial charge in [-0.05, 0) is 54.0 Å². The van der Waals surface area contributed by atoms with Gasteiger partial charge in [-0.2, -0.15) is 0 Å². The maximum Gasteiger partial charge on any atom is 0.257 e. The van der Waals surface area contributed by atoms with Crippen LogP contribution in [0.15, 0.2) is 66.9 Å². The summed E-state index contributed by atoms with van der Waals surface area (Å²) in [5.74, 6) is -3.77. The monoisotopic (exact) mass is 435 g/mol. The van der Waals surface area contributed by atoms with Crippen molar-refractivity contribution in [1.82, 2.24) is 10.3 Å². The minimum atomic E-state index is -0.991. The third-order valence-electron chi connectivity index (χ3n) is 4.71. The van der Waals surface area contributed by atoms with E-state index in [1.54, 1.807) is 38.2 Å². The van der Waals surface area contributed by atoms with E-state index in [1.165, 1.54) is 6.07 Å². The zero-order valence-electron chi connectivity index (χ0n) is 17.7. The Morgan fingerprint density at radius 2 is 1.66 bits per heavy atom. The quantitative estimate of drug-likeness (QED) is 0.553. The first-order chi connectivity index (χ1) is 15.3. The molecule has 5 nitrogen and oxygen atoms in total. The highest BCUT2D eigenvalue weighted by Crippen LogP contribution is 2.16. The van der Waals surface area contributed by atoms with Gasteiger partial charge in [-0.3, -0.25) is 14.6 Å². The molecule has 1 heterocycles. The summed E-state index contributed by atoms with van der Waals surface area (Å²) < 4.78 is 27.9. The minimum Gasteiger partial charge on any atom is -0.340 e. The number of carbonyl (C=O) groups excluding carboxylic acids is 2. The predicted molar refractivity (Wildman–Crippen MR) is 121 cm³/mol. The van der Waals surface area contributed by atoms with E-state index in [0.29, 0.717) is 5.69 Å². The van der Waals surface area contributed by atoms with Crippen molar-refractivity contribution >= 4 is 29.7 Å². The van der Waals surface area contributed by atoms with Crippen molar-refractivity contribution < 1.29 is 18.4 Å². The van der Waals surface area contributed by atoms with Crippen molar-refractivity contribution in [1.29, 1.82) is 0 Å². The summed E-state index contributed by atoms with van der Waals surface area (Å²) in [7, 11) is 0. The average molecular weight is 435 g/mol. The summed E-state index contributed by atoms with van der Waals surface area (Å²) in [6.07, 6.45) is 5.41. The van der Waals surface area contributed by atoms with Crippen LogP contribution in [0.1, 0.15) is 35.5 Å². The van der Waals surface area contributed by atoms with Crippen LogP contribution in [0.2, 0.25) is 0 Å².